The van der Waals surface area contributed by atoms with Crippen LogP contribution < -0.4 is 4.90 Å². The number of amides is 3. The molecule has 2 aromatic rings. The van der Waals surface area contributed by atoms with Crippen molar-refractivity contribution in [1.29, 1.82) is 0 Å². The zero-order chi connectivity index (χ0) is 13.6. The van der Waals surface area contributed by atoms with Crippen LogP contribution >= 0.6 is 0 Å². The molecule has 0 aliphatic carbocycles. The second kappa shape index (κ2) is 4.07. The summed E-state index contributed by atoms with van der Waals surface area (Å²) in [5, 5.41) is 11.7. The van der Waals surface area contributed by atoms with E-state index in [-0.39, 0.29) is 0 Å². The van der Waals surface area contributed by atoms with Crippen molar-refractivity contribution in [1.82, 2.24) is 4.90 Å². The summed E-state index contributed by atoms with van der Waals surface area (Å²) < 4.78 is 0. The van der Waals surface area contributed by atoms with Gasteiger partial charge in [0.25, 0.3) is 5.91 Å². The Labute approximate surface area is 109 Å². The number of hydrogen-bond acceptors (Lipinski definition) is 3. The predicted octanol–water partition coefficient (Wildman–Crippen LogP) is 1.56. The van der Waals surface area contributed by atoms with Gasteiger partial charge in [-0.1, -0.05) is 36.4 Å². The molecule has 0 spiro atoms. The molecular formula is C14H12N2O3. The van der Waals surface area contributed by atoms with Gasteiger partial charge >= 0.3 is 6.03 Å². The van der Waals surface area contributed by atoms with Crippen LogP contribution in [0.15, 0.2) is 42.5 Å². The van der Waals surface area contributed by atoms with Crippen LogP contribution in [-0.4, -0.2) is 35.2 Å². The third-order valence-corrected chi connectivity index (χ3v) is 3.32. The van der Waals surface area contributed by atoms with Gasteiger partial charge in [-0.3, -0.25) is 14.6 Å². The highest BCUT2D eigenvalue weighted by atomic mass is 16.3. The fourth-order valence-corrected chi connectivity index (χ4v) is 2.30. The van der Waals surface area contributed by atoms with Gasteiger partial charge in [0, 0.05) is 12.4 Å². The maximum absolute atomic E-state index is 12.0. The van der Waals surface area contributed by atoms with Gasteiger partial charge in [0.05, 0.1) is 5.69 Å². The Morgan fingerprint density at radius 1 is 1.05 bits per heavy atom. The molecule has 0 aromatic heterocycles. The second-order valence-corrected chi connectivity index (χ2v) is 4.42. The summed E-state index contributed by atoms with van der Waals surface area (Å²) in [4.78, 5) is 25.7. The number of nitrogens with zero attached hydrogens (tertiary/aromatic N) is 2. The number of imide groups is 1. The van der Waals surface area contributed by atoms with Crippen LogP contribution in [0, 0.1) is 0 Å². The van der Waals surface area contributed by atoms with Crippen molar-refractivity contribution >= 4 is 28.4 Å². The quantitative estimate of drug-likeness (QED) is 0.787. The average molecular weight is 256 g/mol. The molecule has 1 heterocycles. The summed E-state index contributed by atoms with van der Waals surface area (Å²) in [5.74, 6) is -0.613. The lowest BCUT2D eigenvalue weighted by Crippen LogP contribution is -2.34. The van der Waals surface area contributed by atoms with Crippen LogP contribution in [0.4, 0.5) is 10.5 Å². The number of rotatable bonds is 1. The molecule has 1 aliphatic heterocycles. The van der Waals surface area contributed by atoms with Crippen molar-refractivity contribution in [3.63, 3.8) is 0 Å². The molecular weight excluding hydrogens is 244 g/mol. The molecule has 2 aromatic carbocycles. The van der Waals surface area contributed by atoms with E-state index in [0.29, 0.717) is 5.69 Å². The number of urea groups is 1. The summed E-state index contributed by atoms with van der Waals surface area (Å²) in [6.45, 7) is 0. The lowest BCUT2D eigenvalue weighted by molar-refractivity contribution is -0.132. The van der Waals surface area contributed by atoms with E-state index in [1.54, 1.807) is 12.1 Å². The number of anilines is 1. The molecule has 1 atom stereocenters. The van der Waals surface area contributed by atoms with E-state index in [1.165, 1.54) is 7.05 Å². The summed E-state index contributed by atoms with van der Waals surface area (Å²) in [7, 11) is 1.36. The van der Waals surface area contributed by atoms with Crippen molar-refractivity contribution in [2.75, 3.05) is 11.9 Å². The van der Waals surface area contributed by atoms with Gasteiger partial charge in [0.15, 0.2) is 0 Å². The Hall–Kier alpha value is -2.40. The number of aliphatic hydroxyl groups is 1. The smallest absolute Gasteiger partial charge is 0.333 e. The topological polar surface area (TPSA) is 60.9 Å². The van der Waals surface area contributed by atoms with E-state index in [1.807, 2.05) is 30.3 Å². The van der Waals surface area contributed by atoms with Gasteiger partial charge in [-0.25, -0.2) is 4.79 Å². The van der Waals surface area contributed by atoms with Crippen LogP contribution in [0.2, 0.25) is 0 Å². The van der Waals surface area contributed by atoms with Crippen molar-refractivity contribution in [2.24, 2.45) is 0 Å². The minimum absolute atomic E-state index is 0.520. The number of carbonyl (C=O) groups excluding carboxylic acids is 2. The SMILES string of the molecule is CN1C(=O)[C@@H](O)N(c2cccc3ccccc23)C1=O. The number of carbonyl (C=O) groups is 2. The van der Waals surface area contributed by atoms with Crippen LogP contribution in [-0.2, 0) is 4.79 Å². The number of fused-ring (bicyclic) bond motifs is 1. The van der Waals surface area contributed by atoms with Crippen LogP contribution in [0.5, 0.6) is 0 Å². The van der Waals surface area contributed by atoms with Crippen molar-refractivity contribution in [3.8, 4) is 0 Å². The van der Waals surface area contributed by atoms with Gasteiger partial charge < -0.3 is 5.11 Å². The van der Waals surface area contributed by atoms with Crippen LogP contribution in [0.25, 0.3) is 10.8 Å². The molecule has 1 fully saturated rings. The van der Waals surface area contributed by atoms with Crippen molar-refractivity contribution in [3.05, 3.63) is 42.5 Å². The molecule has 3 rings (SSSR count). The lowest BCUT2D eigenvalue weighted by atomic mass is 10.1. The first kappa shape index (κ1) is 11.7. The van der Waals surface area contributed by atoms with E-state index in [2.05, 4.69) is 0 Å². The molecule has 1 aliphatic rings. The highest BCUT2D eigenvalue weighted by Gasteiger charge is 2.43. The molecule has 0 unspecified atom stereocenters. The normalized spacial score (nSPS) is 19.6. The second-order valence-electron chi connectivity index (χ2n) is 4.42. The van der Waals surface area contributed by atoms with E-state index in [4.69, 9.17) is 0 Å². The van der Waals surface area contributed by atoms with Gasteiger partial charge in [-0.15, -0.1) is 0 Å². The lowest BCUT2D eigenvalue weighted by Gasteiger charge is -2.19. The summed E-state index contributed by atoms with van der Waals surface area (Å²) in [5.41, 5.74) is 0.535. The Morgan fingerprint density at radius 2 is 1.74 bits per heavy atom. The first-order valence-corrected chi connectivity index (χ1v) is 5.88. The largest absolute Gasteiger partial charge is 0.365 e. The Kier molecular flexibility index (Phi) is 2.50. The van der Waals surface area contributed by atoms with E-state index in [0.717, 1.165) is 20.6 Å². The molecule has 1 saturated heterocycles. The molecule has 19 heavy (non-hydrogen) atoms. The summed E-state index contributed by atoms with van der Waals surface area (Å²) in [6, 6.07) is 12.4. The van der Waals surface area contributed by atoms with Gasteiger partial charge in [-0.05, 0) is 11.5 Å². The first-order valence-electron chi connectivity index (χ1n) is 5.88. The van der Waals surface area contributed by atoms with Crippen molar-refractivity contribution in [2.45, 2.75) is 6.23 Å². The average Bonchev–Trinajstić information content (AvgIpc) is 2.63. The number of likely N-dealkylation sites (N-methyl/N-ethyl adjacent to an activating group) is 1. The van der Waals surface area contributed by atoms with Gasteiger partial charge in [-0.2, -0.15) is 0 Å². The predicted molar refractivity (Wildman–Crippen MR) is 70.6 cm³/mol. The number of benzene rings is 2. The Morgan fingerprint density at radius 3 is 2.42 bits per heavy atom. The molecule has 0 saturated carbocycles. The van der Waals surface area contributed by atoms with E-state index in [9.17, 15) is 14.7 Å². The summed E-state index contributed by atoms with van der Waals surface area (Å²) in [6.07, 6.45) is -1.46. The molecule has 3 amide bonds. The highest BCUT2D eigenvalue weighted by molar-refractivity contribution is 6.16. The molecule has 1 N–H and O–H groups in total. The maximum Gasteiger partial charge on any atom is 0.333 e. The number of aliphatic hydroxyl groups excluding tert-OH is 1. The fourth-order valence-electron chi connectivity index (χ4n) is 2.30. The highest BCUT2D eigenvalue weighted by Crippen LogP contribution is 2.31. The van der Waals surface area contributed by atoms with E-state index >= 15 is 0 Å². The minimum Gasteiger partial charge on any atom is -0.365 e. The molecule has 96 valence electrons. The maximum atomic E-state index is 12.0. The van der Waals surface area contributed by atoms with E-state index < -0.39 is 18.2 Å². The zero-order valence-corrected chi connectivity index (χ0v) is 10.3. The fraction of sp³-hybridized carbons (Fsp3) is 0.143. The molecule has 5 heteroatoms. The van der Waals surface area contributed by atoms with Crippen LogP contribution in [0.3, 0.4) is 0 Å². The molecule has 0 radical (unpaired) electrons. The summed E-state index contributed by atoms with van der Waals surface area (Å²) >= 11 is 0. The van der Waals surface area contributed by atoms with Gasteiger partial charge in [0.2, 0.25) is 6.23 Å². The standard InChI is InChI=1S/C14H12N2O3/c1-15-12(17)13(18)16(14(15)19)11-8-4-6-9-5-2-3-7-10(9)11/h2-8,13,18H,1H3/t13-/m1/s1. The monoisotopic (exact) mass is 256 g/mol. The van der Waals surface area contributed by atoms with Crippen LogP contribution in [0.1, 0.15) is 0 Å². The first-order chi connectivity index (χ1) is 9.11. The molecule has 5 nitrogen and oxygen atoms in total. The zero-order valence-electron chi connectivity index (χ0n) is 10.3. The van der Waals surface area contributed by atoms with Gasteiger partial charge in [0.1, 0.15) is 0 Å². The third kappa shape index (κ3) is 1.59. The minimum atomic E-state index is -1.46. The third-order valence-electron chi connectivity index (χ3n) is 3.32. The van der Waals surface area contributed by atoms with Crippen molar-refractivity contribution < 1.29 is 14.7 Å². The Balaban J connectivity index is 2.20. The number of hydrogen-bond donors (Lipinski definition) is 1. The Bertz CT molecular complexity index is 678. The molecule has 0 bridgehead atoms.